The number of benzene rings is 4. The van der Waals surface area contributed by atoms with Crippen LogP contribution in [0.2, 0.25) is 0 Å². The first-order chi connectivity index (χ1) is 12.7. The Labute approximate surface area is 149 Å². The van der Waals surface area contributed by atoms with Crippen LogP contribution in [-0.2, 0) is 0 Å². The molecule has 6 rings (SSSR count). The number of hydrogen-bond donors (Lipinski definition) is 0. The molecule has 2 heteroatoms. The summed E-state index contributed by atoms with van der Waals surface area (Å²) in [6.45, 7) is 3.99. The molecule has 2 aromatic heterocycles. The third kappa shape index (κ3) is 1.81. The first kappa shape index (κ1) is 14.0. The standard InChI is InChI=1S/C24H16O2/c1-13-7-17-9-15-3-5-20-19(21(15)11-23(17)25-13)6-4-16-10-18-8-14(2)26-24(18)12-22(16)20/h3-12H,1-2H3. The second kappa shape index (κ2) is 4.67. The third-order valence-electron chi connectivity index (χ3n) is 5.35. The van der Waals surface area contributed by atoms with Crippen molar-refractivity contribution in [3.05, 3.63) is 72.2 Å². The maximum Gasteiger partial charge on any atom is 0.134 e. The zero-order valence-electron chi connectivity index (χ0n) is 14.6. The van der Waals surface area contributed by atoms with E-state index in [1.807, 2.05) is 13.8 Å². The van der Waals surface area contributed by atoms with E-state index in [0.29, 0.717) is 0 Å². The van der Waals surface area contributed by atoms with E-state index in [1.54, 1.807) is 0 Å². The van der Waals surface area contributed by atoms with Gasteiger partial charge in [-0.05, 0) is 82.6 Å². The molecule has 0 amide bonds. The summed E-state index contributed by atoms with van der Waals surface area (Å²) in [6, 6.07) is 21.8. The molecule has 6 aromatic rings. The van der Waals surface area contributed by atoms with Gasteiger partial charge in [0.25, 0.3) is 0 Å². The molecule has 0 fully saturated rings. The van der Waals surface area contributed by atoms with Gasteiger partial charge in [-0.3, -0.25) is 0 Å². The number of hydrogen-bond acceptors (Lipinski definition) is 2. The number of aryl methyl sites for hydroxylation is 2. The normalized spacial score (nSPS) is 12.2. The van der Waals surface area contributed by atoms with Crippen molar-refractivity contribution < 1.29 is 8.83 Å². The van der Waals surface area contributed by atoms with Crippen molar-refractivity contribution in [3.8, 4) is 0 Å². The predicted octanol–water partition coefficient (Wildman–Crippen LogP) is 7.26. The fourth-order valence-electron chi connectivity index (χ4n) is 4.21. The molecule has 0 saturated carbocycles. The van der Waals surface area contributed by atoms with E-state index in [1.165, 1.54) is 32.3 Å². The summed E-state index contributed by atoms with van der Waals surface area (Å²) in [7, 11) is 0. The van der Waals surface area contributed by atoms with Crippen LogP contribution in [0.15, 0.2) is 69.5 Å². The summed E-state index contributed by atoms with van der Waals surface area (Å²) in [5.74, 6) is 1.89. The average Bonchev–Trinajstić information content (AvgIpc) is 3.16. The molecule has 0 aliphatic rings. The zero-order chi connectivity index (χ0) is 17.4. The zero-order valence-corrected chi connectivity index (χ0v) is 14.6. The van der Waals surface area contributed by atoms with Gasteiger partial charge in [0, 0.05) is 10.8 Å². The van der Waals surface area contributed by atoms with E-state index in [4.69, 9.17) is 8.83 Å². The summed E-state index contributed by atoms with van der Waals surface area (Å²) in [6.07, 6.45) is 0. The van der Waals surface area contributed by atoms with Gasteiger partial charge in [0.2, 0.25) is 0 Å². The second-order valence-corrected chi connectivity index (χ2v) is 7.16. The van der Waals surface area contributed by atoms with Gasteiger partial charge in [-0.1, -0.05) is 24.3 Å². The highest BCUT2D eigenvalue weighted by atomic mass is 16.3. The fraction of sp³-hybridized carbons (Fsp3) is 0.0833. The van der Waals surface area contributed by atoms with Crippen molar-refractivity contribution in [2.24, 2.45) is 0 Å². The lowest BCUT2D eigenvalue weighted by Gasteiger charge is -2.08. The van der Waals surface area contributed by atoms with Crippen LogP contribution in [0.25, 0.3) is 54.3 Å². The number of rotatable bonds is 0. The van der Waals surface area contributed by atoms with E-state index in [-0.39, 0.29) is 0 Å². The Morgan fingerprint density at radius 3 is 1.38 bits per heavy atom. The summed E-state index contributed by atoms with van der Waals surface area (Å²) < 4.78 is 11.7. The molecule has 0 saturated heterocycles. The monoisotopic (exact) mass is 336 g/mol. The van der Waals surface area contributed by atoms with Crippen LogP contribution in [0.5, 0.6) is 0 Å². The SMILES string of the molecule is Cc1cc2cc3ccc4c5cc6oc(C)cc6cc5ccc4c3cc2o1. The van der Waals surface area contributed by atoms with Gasteiger partial charge in [-0.25, -0.2) is 0 Å². The average molecular weight is 336 g/mol. The van der Waals surface area contributed by atoms with Gasteiger partial charge >= 0.3 is 0 Å². The van der Waals surface area contributed by atoms with Crippen molar-refractivity contribution in [3.63, 3.8) is 0 Å². The molecule has 124 valence electrons. The summed E-state index contributed by atoms with van der Waals surface area (Å²) in [5.41, 5.74) is 1.89. The minimum Gasteiger partial charge on any atom is -0.461 e. The van der Waals surface area contributed by atoms with Crippen LogP contribution in [-0.4, -0.2) is 0 Å². The molecule has 2 nitrogen and oxygen atoms in total. The third-order valence-corrected chi connectivity index (χ3v) is 5.35. The molecule has 0 aliphatic heterocycles. The van der Waals surface area contributed by atoms with Crippen molar-refractivity contribution >= 4 is 54.3 Å². The van der Waals surface area contributed by atoms with Crippen molar-refractivity contribution in [1.29, 1.82) is 0 Å². The maximum absolute atomic E-state index is 5.86. The Morgan fingerprint density at radius 1 is 0.462 bits per heavy atom. The quantitative estimate of drug-likeness (QED) is 0.273. The van der Waals surface area contributed by atoms with Crippen LogP contribution in [0.1, 0.15) is 11.5 Å². The van der Waals surface area contributed by atoms with Gasteiger partial charge in [-0.15, -0.1) is 0 Å². The molecule has 0 spiro atoms. The van der Waals surface area contributed by atoms with Gasteiger partial charge < -0.3 is 8.83 Å². The first-order valence-corrected chi connectivity index (χ1v) is 8.85. The van der Waals surface area contributed by atoms with E-state index >= 15 is 0 Å². The van der Waals surface area contributed by atoms with Crippen LogP contribution < -0.4 is 0 Å². The predicted molar refractivity (Wildman–Crippen MR) is 108 cm³/mol. The molecule has 0 N–H and O–H groups in total. The Hall–Kier alpha value is -3.26. The van der Waals surface area contributed by atoms with Gasteiger partial charge in [0.1, 0.15) is 22.7 Å². The number of fused-ring (bicyclic) bond motifs is 7. The van der Waals surface area contributed by atoms with Gasteiger partial charge in [-0.2, -0.15) is 0 Å². The minimum absolute atomic E-state index is 0.944. The van der Waals surface area contributed by atoms with Crippen molar-refractivity contribution in [2.45, 2.75) is 13.8 Å². The molecule has 0 unspecified atom stereocenters. The Balaban J connectivity index is 1.79. The molecule has 4 aromatic carbocycles. The largest absolute Gasteiger partial charge is 0.461 e. The Morgan fingerprint density at radius 2 is 0.923 bits per heavy atom. The lowest BCUT2D eigenvalue weighted by molar-refractivity contribution is 0.578. The lowest BCUT2D eigenvalue weighted by Crippen LogP contribution is -1.81. The smallest absolute Gasteiger partial charge is 0.134 e. The molecular formula is C24H16O2. The summed E-state index contributed by atoms with van der Waals surface area (Å²) in [4.78, 5) is 0. The van der Waals surface area contributed by atoms with Crippen LogP contribution in [0, 0.1) is 13.8 Å². The van der Waals surface area contributed by atoms with Gasteiger partial charge in [0.05, 0.1) is 0 Å². The highest BCUT2D eigenvalue weighted by molar-refractivity contribution is 6.20. The van der Waals surface area contributed by atoms with Crippen molar-refractivity contribution in [1.82, 2.24) is 0 Å². The van der Waals surface area contributed by atoms with E-state index in [9.17, 15) is 0 Å². The van der Waals surface area contributed by atoms with Gasteiger partial charge in [0.15, 0.2) is 0 Å². The highest BCUT2D eigenvalue weighted by Crippen LogP contribution is 2.36. The van der Waals surface area contributed by atoms with Crippen LogP contribution in [0.4, 0.5) is 0 Å². The fourth-order valence-corrected chi connectivity index (χ4v) is 4.21. The van der Waals surface area contributed by atoms with Crippen molar-refractivity contribution in [2.75, 3.05) is 0 Å². The number of furan rings is 2. The summed E-state index contributed by atoms with van der Waals surface area (Å²) in [5, 5.41) is 9.72. The van der Waals surface area contributed by atoms with E-state index < -0.39 is 0 Å². The molecule has 2 heterocycles. The summed E-state index contributed by atoms with van der Waals surface area (Å²) >= 11 is 0. The molecule has 0 bridgehead atoms. The first-order valence-electron chi connectivity index (χ1n) is 8.85. The maximum atomic E-state index is 5.86. The molecule has 0 radical (unpaired) electrons. The van der Waals surface area contributed by atoms with E-state index in [2.05, 4.69) is 60.7 Å². The molecule has 0 aliphatic carbocycles. The Kier molecular flexibility index (Phi) is 2.51. The lowest BCUT2D eigenvalue weighted by atomic mass is 9.96. The van der Waals surface area contributed by atoms with Crippen LogP contribution in [0.3, 0.4) is 0 Å². The second-order valence-electron chi connectivity index (χ2n) is 7.16. The minimum atomic E-state index is 0.944. The van der Waals surface area contributed by atoms with Crippen LogP contribution >= 0.6 is 0 Å². The highest BCUT2D eigenvalue weighted by Gasteiger charge is 2.10. The molecule has 26 heavy (non-hydrogen) atoms. The van der Waals surface area contributed by atoms with E-state index in [0.717, 1.165) is 33.5 Å². The molecule has 0 atom stereocenters. The Bertz CT molecular complexity index is 1380. The molecular weight excluding hydrogens is 320 g/mol. The topological polar surface area (TPSA) is 26.3 Å².